The van der Waals surface area contributed by atoms with E-state index in [0.29, 0.717) is 5.56 Å². The van der Waals surface area contributed by atoms with Crippen molar-refractivity contribution in [2.24, 2.45) is 0 Å². The highest BCUT2D eigenvalue weighted by molar-refractivity contribution is 14.1. The molecule has 1 rings (SSSR count). The third kappa shape index (κ3) is 3.67. The molecule has 6 heteroatoms. The highest BCUT2D eigenvalue weighted by atomic mass is 127. The van der Waals surface area contributed by atoms with Crippen LogP contribution >= 0.6 is 45.2 Å². The molecule has 92 valence electrons. The Kier molecular flexibility index (Phi) is 5.91. The fourth-order valence-electron chi connectivity index (χ4n) is 1.28. The second-order valence-electron chi connectivity index (χ2n) is 3.55. The standard InChI is InChI=1S/C11H12I2N2O2/c1-6-7(3-14)2-9(12)11(10(6)13)15-4-8(17)5-16/h2,8,15-17H,4-5H2,1H3. The lowest BCUT2D eigenvalue weighted by molar-refractivity contribution is 0.105. The van der Waals surface area contributed by atoms with Gasteiger partial charge in [0.2, 0.25) is 0 Å². The van der Waals surface area contributed by atoms with Crippen LogP contribution in [0.4, 0.5) is 5.69 Å². The first-order valence-corrected chi connectivity index (χ1v) is 7.08. The van der Waals surface area contributed by atoms with Gasteiger partial charge in [-0.25, -0.2) is 0 Å². The van der Waals surface area contributed by atoms with Gasteiger partial charge in [0, 0.05) is 13.7 Å². The lowest BCUT2D eigenvalue weighted by atomic mass is 10.1. The van der Waals surface area contributed by atoms with Crippen LogP contribution < -0.4 is 5.32 Å². The first-order valence-electron chi connectivity index (χ1n) is 4.92. The molecule has 1 aromatic rings. The van der Waals surface area contributed by atoms with E-state index in [1.54, 1.807) is 0 Å². The van der Waals surface area contributed by atoms with Gasteiger partial charge in [-0.05, 0) is 63.7 Å². The van der Waals surface area contributed by atoms with Crippen LogP contribution in [-0.4, -0.2) is 29.5 Å². The van der Waals surface area contributed by atoms with Crippen LogP contribution in [0.3, 0.4) is 0 Å². The highest BCUT2D eigenvalue weighted by Crippen LogP contribution is 2.30. The Morgan fingerprint density at radius 1 is 1.53 bits per heavy atom. The molecular weight excluding hydrogens is 446 g/mol. The number of nitrogens with one attached hydrogen (secondary N) is 1. The second kappa shape index (κ2) is 6.72. The fraction of sp³-hybridized carbons (Fsp3) is 0.364. The number of aliphatic hydroxyl groups is 2. The van der Waals surface area contributed by atoms with Crippen molar-refractivity contribution in [3.8, 4) is 6.07 Å². The number of aliphatic hydroxyl groups excluding tert-OH is 2. The molecule has 0 amide bonds. The number of benzene rings is 1. The molecule has 1 atom stereocenters. The van der Waals surface area contributed by atoms with E-state index in [0.717, 1.165) is 18.4 Å². The van der Waals surface area contributed by atoms with Gasteiger partial charge in [0.1, 0.15) is 0 Å². The maximum absolute atomic E-state index is 9.30. The van der Waals surface area contributed by atoms with E-state index in [1.807, 2.05) is 13.0 Å². The summed E-state index contributed by atoms with van der Waals surface area (Å²) in [6.07, 6.45) is -0.780. The summed E-state index contributed by atoms with van der Waals surface area (Å²) in [7, 11) is 0. The molecular formula is C11H12I2N2O2. The smallest absolute Gasteiger partial charge is 0.0995 e. The van der Waals surface area contributed by atoms with Crippen molar-refractivity contribution in [3.63, 3.8) is 0 Å². The molecule has 0 aromatic heterocycles. The molecule has 0 aliphatic rings. The number of hydrogen-bond acceptors (Lipinski definition) is 4. The molecule has 0 heterocycles. The molecule has 0 radical (unpaired) electrons. The Hall–Kier alpha value is -0.110. The average Bonchev–Trinajstić information content (AvgIpc) is 2.33. The van der Waals surface area contributed by atoms with Crippen molar-refractivity contribution >= 4 is 50.9 Å². The molecule has 1 aromatic carbocycles. The summed E-state index contributed by atoms with van der Waals surface area (Å²) < 4.78 is 1.90. The fourth-order valence-corrected chi connectivity index (χ4v) is 3.34. The minimum atomic E-state index is -0.780. The van der Waals surface area contributed by atoms with Crippen molar-refractivity contribution < 1.29 is 10.2 Å². The summed E-state index contributed by atoms with van der Waals surface area (Å²) in [4.78, 5) is 0. The highest BCUT2D eigenvalue weighted by Gasteiger charge is 2.13. The summed E-state index contributed by atoms with van der Waals surface area (Å²) >= 11 is 4.32. The SMILES string of the molecule is Cc1c(C#N)cc(I)c(NCC(O)CO)c1I. The quantitative estimate of drug-likeness (QED) is 0.603. The molecule has 4 nitrogen and oxygen atoms in total. The van der Waals surface area contributed by atoms with Crippen molar-refractivity contribution in [1.82, 2.24) is 0 Å². The number of anilines is 1. The van der Waals surface area contributed by atoms with E-state index in [4.69, 9.17) is 10.4 Å². The van der Waals surface area contributed by atoms with Crippen molar-refractivity contribution in [2.45, 2.75) is 13.0 Å². The number of halogens is 2. The van der Waals surface area contributed by atoms with Crippen molar-refractivity contribution in [2.75, 3.05) is 18.5 Å². The molecule has 0 saturated carbocycles. The Morgan fingerprint density at radius 2 is 2.18 bits per heavy atom. The number of nitrogens with zero attached hydrogens (tertiary/aromatic N) is 1. The summed E-state index contributed by atoms with van der Waals surface area (Å²) in [5.41, 5.74) is 2.48. The first-order chi connectivity index (χ1) is 8.01. The summed E-state index contributed by atoms with van der Waals surface area (Å²) in [5, 5.41) is 30.1. The minimum absolute atomic E-state index is 0.268. The molecule has 0 bridgehead atoms. The monoisotopic (exact) mass is 458 g/mol. The second-order valence-corrected chi connectivity index (χ2v) is 5.79. The van der Waals surface area contributed by atoms with Crippen LogP contribution in [0.25, 0.3) is 0 Å². The van der Waals surface area contributed by atoms with Crippen LogP contribution in [-0.2, 0) is 0 Å². The Morgan fingerprint density at radius 3 is 2.71 bits per heavy atom. The zero-order valence-corrected chi connectivity index (χ0v) is 13.5. The minimum Gasteiger partial charge on any atom is -0.394 e. The molecule has 17 heavy (non-hydrogen) atoms. The Balaban J connectivity index is 3.01. The third-order valence-electron chi connectivity index (χ3n) is 2.31. The average molecular weight is 458 g/mol. The lowest BCUT2D eigenvalue weighted by Gasteiger charge is -2.15. The third-order valence-corrected chi connectivity index (χ3v) is 4.51. The number of hydrogen-bond donors (Lipinski definition) is 3. The van der Waals surface area contributed by atoms with Gasteiger partial charge in [0.15, 0.2) is 0 Å². The summed E-state index contributed by atoms with van der Waals surface area (Å²) in [5.74, 6) is 0. The largest absolute Gasteiger partial charge is 0.394 e. The number of rotatable bonds is 4. The summed E-state index contributed by atoms with van der Waals surface area (Å²) in [6, 6.07) is 3.96. The van der Waals surface area contributed by atoms with Crippen molar-refractivity contribution in [1.29, 1.82) is 5.26 Å². The van der Waals surface area contributed by atoms with Crippen LogP contribution in [0.1, 0.15) is 11.1 Å². The van der Waals surface area contributed by atoms with E-state index in [2.05, 4.69) is 56.6 Å². The van der Waals surface area contributed by atoms with Crippen LogP contribution in [0.5, 0.6) is 0 Å². The maximum atomic E-state index is 9.30. The Bertz CT molecular complexity index is 458. The zero-order chi connectivity index (χ0) is 13.0. The molecule has 0 aliphatic carbocycles. The van der Waals surface area contributed by atoms with Crippen LogP contribution in [0.15, 0.2) is 6.07 Å². The van der Waals surface area contributed by atoms with E-state index < -0.39 is 6.10 Å². The van der Waals surface area contributed by atoms with Gasteiger partial charge >= 0.3 is 0 Å². The van der Waals surface area contributed by atoms with Gasteiger partial charge in [-0.15, -0.1) is 0 Å². The van der Waals surface area contributed by atoms with E-state index in [1.165, 1.54) is 0 Å². The molecule has 0 spiro atoms. The van der Waals surface area contributed by atoms with Crippen molar-refractivity contribution in [3.05, 3.63) is 24.3 Å². The molecule has 3 N–H and O–H groups in total. The molecule has 0 fully saturated rings. The topological polar surface area (TPSA) is 76.3 Å². The predicted molar refractivity (Wildman–Crippen MR) is 82.9 cm³/mol. The first kappa shape index (κ1) is 14.9. The maximum Gasteiger partial charge on any atom is 0.0995 e. The zero-order valence-electron chi connectivity index (χ0n) is 9.17. The van der Waals surface area contributed by atoms with Gasteiger partial charge < -0.3 is 15.5 Å². The molecule has 0 saturated heterocycles. The van der Waals surface area contributed by atoms with Gasteiger partial charge in [-0.3, -0.25) is 0 Å². The van der Waals surface area contributed by atoms with E-state index in [-0.39, 0.29) is 13.2 Å². The summed E-state index contributed by atoms with van der Waals surface area (Å²) in [6.45, 7) is 1.91. The number of nitriles is 1. The molecule has 1 unspecified atom stereocenters. The molecule has 0 aliphatic heterocycles. The Labute approximate surface area is 127 Å². The predicted octanol–water partition coefficient (Wildman–Crippen LogP) is 1.84. The van der Waals surface area contributed by atoms with E-state index in [9.17, 15) is 5.11 Å². The van der Waals surface area contributed by atoms with Gasteiger partial charge in [-0.2, -0.15) is 5.26 Å². The van der Waals surface area contributed by atoms with E-state index >= 15 is 0 Å². The van der Waals surface area contributed by atoms with Crippen LogP contribution in [0, 0.1) is 25.4 Å². The normalized spacial score (nSPS) is 12.0. The van der Waals surface area contributed by atoms with Gasteiger partial charge in [0.25, 0.3) is 0 Å². The van der Waals surface area contributed by atoms with Gasteiger partial charge in [-0.1, -0.05) is 0 Å². The van der Waals surface area contributed by atoms with Gasteiger partial charge in [0.05, 0.1) is 30.0 Å². The van der Waals surface area contributed by atoms with Crippen LogP contribution in [0.2, 0.25) is 0 Å². The lowest BCUT2D eigenvalue weighted by Crippen LogP contribution is -2.23.